The van der Waals surface area contributed by atoms with Crippen LogP contribution in [0.25, 0.3) is 0 Å². The summed E-state index contributed by atoms with van der Waals surface area (Å²) >= 11 is 0. The first-order chi connectivity index (χ1) is 13.4. The zero-order valence-corrected chi connectivity index (χ0v) is 14.3. The van der Waals surface area contributed by atoms with Crippen molar-refractivity contribution in [2.75, 3.05) is 0 Å². The molecule has 3 rings (SSSR count). The Kier molecular flexibility index (Phi) is 5.03. The van der Waals surface area contributed by atoms with E-state index in [4.69, 9.17) is 0 Å². The number of hydrogen-bond donors (Lipinski definition) is 0. The number of rotatable bonds is 6. The van der Waals surface area contributed by atoms with Crippen LogP contribution in [0.2, 0.25) is 0 Å². The predicted molar refractivity (Wildman–Crippen MR) is 99.5 cm³/mol. The molecule has 0 atom stereocenters. The Labute approximate surface area is 158 Å². The molecule has 0 aliphatic heterocycles. The number of nitro benzene ring substituents is 2. The van der Waals surface area contributed by atoms with Crippen molar-refractivity contribution < 1.29 is 19.4 Å². The maximum Gasteiger partial charge on any atom is 0.287 e. The van der Waals surface area contributed by atoms with Crippen molar-refractivity contribution in [1.82, 2.24) is 0 Å². The van der Waals surface area contributed by atoms with Crippen LogP contribution < -0.4 is 0 Å². The molecule has 138 valence electrons. The topological polar surface area (TPSA) is 120 Å². The molecule has 28 heavy (non-hydrogen) atoms. The molecule has 8 heteroatoms. The maximum absolute atomic E-state index is 12.8. The summed E-state index contributed by atoms with van der Waals surface area (Å²) in [6.45, 7) is 0. The third-order valence-corrected chi connectivity index (χ3v) is 4.07. The lowest BCUT2D eigenvalue weighted by molar-refractivity contribution is -0.394. The van der Waals surface area contributed by atoms with Crippen LogP contribution in [0, 0.1) is 20.2 Å². The zero-order chi connectivity index (χ0) is 20.3. The van der Waals surface area contributed by atoms with E-state index in [0.717, 1.165) is 6.07 Å². The van der Waals surface area contributed by atoms with Gasteiger partial charge < -0.3 is 0 Å². The smallest absolute Gasteiger partial charge is 0.287 e. The van der Waals surface area contributed by atoms with Crippen molar-refractivity contribution in [3.05, 3.63) is 115 Å². The van der Waals surface area contributed by atoms with E-state index in [0.29, 0.717) is 6.07 Å². The molecule has 0 heterocycles. The van der Waals surface area contributed by atoms with Crippen molar-refractivity contribution in [2.24, 2.45) is 0 Å². The second-order valence-corrected chi connectivity index (χ2v) is 5.79. The van der Waals surface area contributed by atoms with E-state index in [9.17, 15) is 29.8 Å². The lowest BCUT2D eigenvalue weighted by Crippen LogP contribution is -2.11. The molecule has 0 radical (unpaired) electrons. The van der Waals surface area contributed by atoms with E-state index in [1.165, 1.54) is 24.3 Å². The second-order valence-electron chi connectivity index (χ2n) is 5.79. The van der Waals surface area contributed by atoms with Gasteiger partial charge in [0.25, 0.3) is 11.4 Å². The van der Waals surface area contributed by atoms with Crippen molar-refractivity contribution in [1.29, 1.82) is 0 Å². The lowest BCUT2D eigenvalue weighted by Gasteiger charge is -2.07. The van der Waals surface area contributed by atoms with Crippen molar-refractivity contribution >= 4 is 22.9 Å². The Balaban J connectivity index is 2.24. The van der Waals surface area contributed by atoms with E-state index in [1.807, 2.05) is 0 Å². The number of carbonyl (C=O) groups excluding carboxylic acids is 2. The van der Waals surface area contributed by atoms with Crippen LogP contribution >= 0.6 is 0 Å². The normalized spacial score (nSPS) is 10.3. The molecule has 0 spiro atoms. The molecule has 8 nitrogen and oxygen atoms in total. The van der Waals surface area contributed by atoms with Gasteiger partial charge >= 0.3 is 0 Å². The number of benzene rings is 3. The number of hydrogen-bond acceptors (Lipinski definition) is 6. The minimum atomic E-state index is -0.875. The van der Waals surface area contributed by atoms with Crippen LogP contribution in [0.15, 0.2) is 72.8 Å². The highest BCUT2D eigenvalue weighted by molar-refractivity contribution is 6.16. The molecule has 0 aromatic heterocycles. The monoisotopic (exact) mass is 376 g/mol. The van der Waals surface area contributed by atoms with Crippen molar-refractivity contribution in [2.45, 2.75) is 0 Å². The molecule has 0 fully saturated rings. The van der Waals surface area contributed by atoms with Gasteiger partial charge in [0, 0.05) is 11.1 Å². The van der Waals surface area contributed by atoms with E-state index < -0.39 is 32.8 Å². The Morgan fingerprint density at radius 2 is 0.964 bits per heavy atom. The number of ketones is 2. The third-order valence-electron chi connectivity index (χ3n) is 4.07. The van der Waals surface area contributed by atoms with Crippen LogP contribution in [-0.2, 0) is 0 Å². The quantitative estimate of drug-likeness (QED) is 0.365. The van der Waals surface area contributed by atoms with Crippen LogP contribution in [0.3, 0.4) is 0 Å². The van der Waals surface area contributed by atoms with Gasteiger partial charge in [0.15, 0.2) is 11.6 Å². The highest BCUT2D eigenvalue weighted by Crippen LogP contribution is 2.32. The summed E-state index contributed by atoms with van der Waals surface area (Å²) in [5.74, 6) is -1.41. The molecule has 0 aliphatic rings. The van der Waals surface area contributed by atoms with E-state index in [1.54, 1.807) is 36.4 Å². The van der Waals surface area contributed by atoms with E-state index >= 15 is 0 Å². The molecule has 0 aliphatic carbocycles. The largest absolute Gasteiger partial charge is 0.288 e. The Morgan fingerprint density at radius 3 is 1.29 bits per heavy atom. The highest BCUT2D eigenvalue weighted by atomic mass is 16.6. The summed E-state index contributed by atoms with van der Waals surface area (Å²) in [5, 5.41) is 22.9. The fourth-order valence-corrected chi connectivity index (χ4v) is 2.73. The maximum atomic E-state index is 12.8. The average Bonchev–Trinajstić information content (AvgIpc) is 2.72. The van der Waals surface area contributed by atoms with E-state index in [2.05, 4.69) is 0 Å². The first-order valence-electron chi connectivity index (χ1n) is 8.06. The van der Waals surface area contributed by atoms with Gasteiger partial charge in [-0.05, 0) is 6.07 Å². The van der Waals surface area contributed by atoms with Crippen LogP contribution in [0.1, 0.15) is 31.8 Å². The minimum Gasteiger partial charge on any atom is -0.288 e. The minimum absolute atomic E-state index is 0.164. The average molecular weight is 376 g/mol. The van der Waals surface area contributed by atoms with Gasteiger partial charge in [-0.1, -0.05) is 60.7 Å². The Bertz CT molecular complexity index is 1010. The van der Waals surface area contributed by atoms with E-state index in [-0.39, 0.29) is 22.3 Å². The SMILES string of the molecule is O=C(c1ccccc1)c1cc(C(=O)c2ccccc2)c([N+](=O)[O-])cc1[N+](=O)[O-]. The van der Waals surface area contributed by atoms with Crippen LogP contribution in [-0.4, -0.2) is 21.4 Å². The van der Waals surface area contributed by atoms with Gasteiger partial charge in [-0.3, -0.25) is 29.8 Å². The standard InChI is InChI=1S/C20H12N2O6/c23-19(13-7-3-1-4-8-13)15-11-16(20(24)14-9-5-2-6-10-14)18(22(27)28)12-17(15)21(25)26/h1-12H. The molecular formula is C20H12N2O6. The van der Waals surface area contributed by atoms with Crippen molar-refractivity contribution in [3.8, 4) is 0 Å². The molecule has 3 aromatic rings. The van der Waals surface area contributed by atoms with Crippen LogP contribution in [0.5, 0.6) is 0 Å². The third kappa shape index (κ3) is 3.51. The Hall–Kier alpha value is -4.20. The van der Waals surface area contributed by atoms with Gasteiger partial charge in [0.05, 0.1) is 15.9 Å². The number of nitrogens with zero attached hydrogens (tertiary/aromatic N) is 2. The molecule has 3 aromatic carbocycles. The summed E-state index contributed by atoms with van der Waals surface area (Å²) < 4.78 is 0. The summed E-state index contributed by atoms with van der Waals surface area (Å²) in [6.07, 6.45) is 0. The molecule has 0 saturated carbocycles. The van der Waals surface area contributed by atoms with Crippen molar-refractivity contribution in [3.63, 3.8) is 0 Å². The highest BCUT2D eigenvalue weighted by Gasteiger charge is 2.31. The number of carbonyl (C=O) groups is 2. The summed E-state index contributed by atoms with van der Waals surface area (Å²) in [4.78, 5) is 46.7. The molecule has 0 N–H and O–H groups in total. The fraction of sp³-hybridized carbons (Fsp3) is 0. The Morgan fingerprint density at radius 1 is 0.607 bits per heavy atom. The van der Waals surface area contributed by atoms with Gasteiger partial charge in [0.1, 0.15) is 11.1 Å². The van der Waals surface area contributed by atoms with Gasteiger partial charge in [-0.2, -0.15) is 0 Å². The summed E-state index contributed by atoms with van der Waals surface area (Å²) in [5.41, 5.74) is -1.91. The number of nitro groups is 2. The lowest BCUT2D eigenvalue weighted by atomic mass is 9.94. The molecule has 0 unspecified atom stereocenters. The zero-order valence-electron chi connectivity index (χ0n) is 14.3. The van der Waals surface area contributed by atoms with Gasteiger partial charge in [-0.15, -0.1) is 0 Å². The summed E-state index contributed by atoms with van der Waals surface area (Å²) in [7, 11) is 0. The van der Waals surface area contributed by atoms with Crippen LogP contribution in [0.4, 0.5) is 11.4 Å². The first-order valence-corrected chi connectivity index (χ1v) is 8.06. The fourth-order valence-electron chi connectivity index (χ4n) is 2.73. The van der Waals surface area contributed by atoms with Gasteiger partial charge in [0.2, 0.25) is 0 Å². The molecule has 0 saturated heterocycles. The second kappa shape index (κ2) is 7.58. The predicted octanol–water partition coefficient (Wildman–Crippen LogP) is 3.97. The molecular weight excluding hydrogens is 364 g/mol. The first kappa shape index (κ1) is 18.6. The molecule has 0 amide bonds. The molecule has 0 bridgehead atoms. The van der Waals surface area contributed by atoms with Gasteiger partial charge in [-0.25, -0.2) is 0 Å². The summed E-state index contributed by atoms with van der Waals surface area (Å²) in [6, 6.07) is 17.1.